The summed E-state index contributed by atoms with van der Waals surface area (Å²) in [5.41, 5.74) is 0.901. The first-order chi connectivity index (χ1) is 8.97. The van der Waals surface area contributed by atoms with Crippen molar-refractivity contribution in [2.75, 3.05) is 6.61 Å². The van der Waals surface area contributed by atoms with Crippen molar-refractivity contribution >= 4 is 23.2 Å². The predicted molar refractivity (Wildman–Crippen MR) is 80.2 cm³/mol. The molecule has 0 saturated heterocycles. The molecular formula is C14H21Cl2NO2. The third kappa shape index (κ3) is 5.19. The van der Waals surface area contributed by atoms with Crippen molar-refractivity contribution in [3.8, 4) is 5.75 Å². The lowest BCUT2D eigenvalue weighted by Gasteiger charge is -2.19. The molecule has 108 valence electrons. The standard InChI is InChI=1S/C14H21Cl2NO2/c1-4-12(8-18)17-7-10-5-11(15)6-13(16)14(10)19-9(2)3/h5-6,9,12,17-18H,4,7-8H2,1-3H3/t12-/m0/s1. The highest BCUT2D eigenvalue weighted by Crippen LogP contribution is 2.33. The monoisotopic (exact) mass is 305 g/mol. The summed E-state index contributed by atoms with van der Waals surface area (Å²) < 4.78 is 5.74. The fraction of sp³-hybridized carbons (Fsp3) is 0.571. The number of halogens is 2. The molecule has 0 aliphatic heterocycles. The van der Waals surface area contributed by atoms with Gasteiger partial charge in [-0.1, -0.05) is 30.1 Å². The van der Waals surface area contributed by atoms with E-state index in [-0.39, 0.29) is 18.8 Å². The average molecular weight is 306 g/mol. The minimum Gasteiger partial charge on any atom is -0.489 e. The molecule has 3 nitrogen and oxygen atoms in total. The fourth-order valence-corrected chi connectivity index (χ4v) is 2.29. The Morgan fingerprint density at radius 2 is 2.00 bits per heavy atom. The van der Waals surface area contributed by atoms with E-state index in [1.807, 2.05) is 26.8 Å². The van der Waals surface area contributed by atoms with Crippen LogP contribution in [0.15, 0.2) is 12.1 Å². The molecule has 1 aromatic rings. The number of aliphatic hydroxyl groups excluding tert-OH is 1. The van der Waals surface area contributed by atoms with Crippen LogP contribution in [0.1, 0.15) is 32.8 Å². The Kier molecular flexibility index (Phi) is 6.94. The zero-order valence-corrected chi connectivity index (χ0v) is 13.1. The summed E-state index contributed by atoms with van der Waals surface area (Å²) in [6.45, 7) is 6.58. The normalized spacial score (nSPS) is 12.8. The number of hydrogen-bond donors (Lipinski definition) is 2. The van der Waals surface area contributed by atoms with Gasteiger partial charge in [-0.15, -0.1) is 0 Å². The van der Waals surface area contributed by atoms with Crippen molar-refractivity contribution in [1.29, 1.82) is 0 Å². The number of aliphatic hydroxyl groups is 1. The molecule has 0 saturated carbocycles. The van der Waals surface area contributed by atoms with Crippen LogP contribution in [-0.2, 0) is 6.54 Å². The van der Waals surface area contributed by atoms with Crippen LogP contribution in [0.5, 0.6) is 5.75 Å². The van der Waals surface area contributed by atoms with Crippen LogP contribution in [0.25, 0.3) is 0 Å². The Labute approximate surface area is 124 Å². The molecule has 0 aliphatic rings. The topological polar surface area (TPSA) is 41.5 Å². The second-order valence-electron chi connectivity index (χ2n) is 4.71. The van der Waals surface area contributed by atoms with Crippen LogP contribution in [0.3, 0.4) is 0 Å². The Morgan fingerprint density at radius 1 is 1.32 bits per heavy atom. The smallest absolute Gasteiger partial charge is 0.142 e. The summed E-state index contributed by atoms with van der Waals surface area (Å²) in [4.78, 5) is 0. The van der Waals surface area contributed by atoms with E-state index in [1.54, 1.807) is 6.07 Å². The Balaban J connectivity index is 2.90. The lowest BCUT2D eigenvalue weighted by Crippen LogP contribution is -2.31. The maximum Gasteiger partial charge on any atom is 0.142 e. The van der Waals surface area contributed by atoms with E-state index in [9.17, 15) is 5.11 Å². The maximum absolute atomic E-state index is 9.18. The highest BCUT2D eigenvalue weighted by Gasteiger charge is 2.13. The lowest BCUT2D eigenvalue weighted by atomic mass is 10.1. The van der Waals surface area contributed by atoms with Gasteiger partial charge in [0.1, 0.15) is 5.75 Å². The molecule has 0 fully saturated rings. The molecule has 0 aromatic heterocycles. The first kappa shape index (κ1) is 16.6. The summed E-state index contributed by atoms with van der Waals surface area (Å²) in [6, 6.07) is 3.57. The van der Waals surface area contributed by atoms with Crippen LogP contribution in [0.4, 0.5) is 0 Å². The molecule has 1 aromatic carbocycles. The molecule has 1 atom stereocenters. The first-order valence-corrected chi connectivity index (χ1v) is 7.22. The zero-order valence-electron chi connectivity index (χ0n) is 11.5. The SMILES string of the molecule is CC[C@@H](CO)NCc1cc(Cl)cc(Cl)c1OC(C)C. The van der Waals surface area contributed by atoms with E-state index < -0.39 is 0 Å². The number of rotatable bonds is 7. The largest absolute Gasteiger partial charge is 0.489 e. The van der Waals surface area contributed by atoms with Crippen LogP contribution in [0.2, 0.25) is 10.0 Å². The maximum atomic E-state index is 9.18. The molecule has 0 bridgehead atoms. The van der Waals surface area contributed by atoms with E-state index in [4.69, 9.17) is 27.9 Å². The summed E-state index contributed by atoms with van der Waals surface area (Å²) in [7, 11) is 0. The Bertz CT molecular complexity index is 407. The van der Waals surface area contributed by atoms with E-state index in [2.05, 4.69) is 5.32 Å². The van der Waals surface area contributed by atoms with Gasteiger partial charge in [-0.3, -0.25) is 0 Å². The second-order valence-corrected chi connectivity index (χ2v) is 5.55. The van der Waals surface area contributed by atoms with Gasteiger partial charge in [0, 0.05) is 23.2 Å². The summed E-state index contributed by atoms with van der Waals surface area (Å²) in [5.74, 6) is 0.654. The summed E-state index contributed by atoms with van der Waals surface area (Å²) in [6.07, 6.45) is 0.891. The van der Waals surface area contributed by atoms with Crippen molar-refractivity contribution in [3.05, 3.63) is 27.7 Å². The second kappa shape index (κ2) is 7.95. The molecule has 0 unspecified atom stereocenters. The molecule has 0 aliphatic carbocycles. The van der Waals surface area contributed by atoms with Gasteiger partial charge in [0.05, 0.1) is 17.7 Å². The van der Waals surface area contributed by atoms with E-state index in [1.165, 1.54) is 0 Å². The molecule has 2 N–H and O–H groups in total. The van der Waals surface area contributed by atoms with Crippen LogP contribution in [0, 0.1) is 0 Å². The zero-order chi connectivity index (χ0) is 14.4. The Morgan fingerprint density at radius 3 is 2.53 bits per heavy atom. The van der Waals surface area contributed by atoms with Gasteiger partial charge in [-0.25, -0.2) is 0 Å². The first-order valence-electron chi connectivity index (χ1n) is 6.46. The highest BCUT2D eigenvalue weighted by atomic mass is 35.5. The molecular weight excluding hydrogens is 285 g/mol. The molecule has 5 heteroatoms. The number of hydrogen-bond acceptors (Lipinski definition) is 3. The van der Waals surface area contributed by atoms with Crippen LogP contribution in [-0.4, -0.2) is 23.9 Å². The molecule has 0 spiro atoms. The van der Waals surface area contributed by atoms with Crippen molar-refractivity contribution in [1.82, 2.24) is 5.32 Å². The quantitative estimate of drug-likeness (QED) is 0.808. The highest BCUT2D eigenvalue weighted by molar-refractivity contribution is 6.35. The fourth-order valence-electron chi connectivity index (χ4n) is 1.70. The predicted octanol–water partition coefficient (Wildman–Crippen LogP) is 3.64. The van der Waals surface area contributed by atoms with Crippen LogP contribution >= 0.6 is 23.2 Å². The van der Waals surface area contributed by atoms with Gasteiger partial charge in [0.25, 0.3) is 0 Å². The van der Waals surface area contributed by atoms with Crippen molar-refractivity contribution in [2.45, 2.75) is 45.9 Å². The van der Waals surface area contributed by atoms with Gasteiger partial charge < -0.3 is 15.2 Å². The van der Waals surface area contributed by atoms with Gasteiger partial charge in [0.15, 0.2) is 0 Å². The number of nitrogens with one attached hydrogen (secondary N) is 1. The third-order valence-corrected chi connectivity index (χ3v) is 3.23. The number of benzene rings is 1. The minimum atomic E-state index is 0.0391. The van der Waals surface area contributed by atoms with Gasteiger partial charge >= 0.3 is 0 Å². The van der Waals surface area contributed by atoms with E-state index >= 15 is 0 Å². The molecule has 0 radical (unpaired) electrons. The lowest BCUT2D eigenvalue weighted by molar-refractivity contribution is 0.230. The third-order valence-electron chi connectivity index (χ3n) is 2.73. The van der Waals surface area contributed by atoms with Crippen molar-refractivity contribution in [3.63, 3.8) is 0 Å². The summed E-state index contributed by atoms with van der Waals surface area (Å²) in [5, 5.41) is 13.5. The summed E-state index contributed by atoms with van der Waals surface area (Å²) >= 11 is 12.2. The van der Waals surface area contributed by atoms with Gasteiger partial charge in [-0.2, -0.15) is 0 Å². The Hall–Kier alpha value is -0.480. The molecule has 19 heavy (non-hydrogen) atoms. The van der Waals surface area contributed by atoms with Crippen molar-refractivity contribution < 1.29 is 9.84 Å². The van der Waals surface area contributed by atoms with Gasteiger partial charge in [-0.05, 0) is 32.4 Å². The van der Waals surface area contributed by atoms with Gasteiger partial charge in [0.2, 0.25) is 0 Å². The van der Waals surface area contributed by atoms with E-state index in [0.29, 0.717) is 22.3 Å². The minimum absolute atomic E-state index is 0.0391. The van der Waals surface area contributed by atoms with Crippen molar-refractivity contribution in [2.24, 2.45) is 0 Å². The average Bonchev–Trinajstić information content (AvgIpc) is 2.34. The molecule has 1 rings (SSSR count). The van der Waals surface area contributed by atoms with Crippen LogP contribution < -0.4 is 10.1 Å². The molecule has 0 heterocycles. The molecule has 0 amide bonds. The number of ether oxygens (including phenoxy) is 1. The van der Waals surface area contributed by atoms with E-state index in [0.717, 1.165) is 12.0 Å².